The molecule has 1 saturated heterocycles. The summed E-state index contributed by atoms with van der Waals surface area (Å²) in [7, 11) is 0. The number of rotatable bonds is 2. The number of hydrogen-bond donors (Lipinski definition) is 0. The van der Waals surface area contributed by atoms with E-state index < -0.39 is 11.8 Å². The van der Waals surface area contributed by atoms with Crippen LogP contribution in [0, 0.1) is 0 Å². The van der Waals surface area contributed by atoms with Gasteiger partial charge in [0.15, 0.2) is 5.11 Å². The van der Waals surface area contributed by atoms with Gasteiger partial charge in [0, 0.05) is 0 Å². The van der Waals surface area contributed by atoms with Gasteiger partial charge in [-0.2, -0.15) is 0 Å². The monoisotopic (exact) mass is 254 g/mol. The molecular weight excluding hydrogens is 248 g/mol. The number of carbonyl (C=O) groups excluding carboxylic acids is 2. The Morgan fingerprint density at radius 3 is 2.25 bits per heavy atom. The lowest BCUT2D eigenvalue weighted by atomic mass is 10.3. The van der Waals surface area contributed by atoms with Crippen molar-refractivity contribution in [2.45, 2.75) is 0 Å². The van der Waals surface area contributed by atoms with Gasteiger partial charge >= 0.3 is 11.8 Å². The number of para-hydroxylation sites is 1. The molecule has 1 fully saturated rings. The first-order valence-corrected chi connectivity index (χ1v) is 5.42. The maximum absolute atomic E-state index is 11.7. The van der Waals surface area contributed by atoms with Crippen LogP contribution >= 0.6 is 23.8 Å². The van der Waals surface area contributed by atoms with Gasteiger partial charge in [0.2, 0.25) is 0 Å². The van der Waals surface area contributed by atoms with Gasteiger partial charge in [-0.25, -0.2) is 4.90 Å². The summed E-state index contributed by atoms with van der Waals surface area (Å²) in [6.45, 7) is 0. The Balaban J connectivity index is 2.41. The Morgan fingerprint density at radius 1 is 1.12 bits per heavy atom. The molecule has 0 saturated carbocycles. The Morgan fingerprint density at radius 2 is 1.75 bits per heavy atom. The maximum Gasteiger partial charge on any atom is 0.323 e. The number of carbonyl (C=O) groups is 2. The summed E-state index contributed by atoms with van der Waals surface area (Å²) in [4.78, 5) is 25.4. The van der Waals surface area contributed by atoms with E-state index in [1.807, 2.05) is 6.07 Å². The van der Waals surface area contributed by atoms with Gasteiger partial charge in [-0.05, 0) is 24.4 Å². The quantitative estimate of drug-likeness (QED) is 0.346. The largest absolute Gasteiger partial charge is 0.323 e. The number of hydrogen-bond acceptors (Lipinski definition) is 3. The molecule has 2 rings (SSSR count). The van der Waals surface area contributed by atoms with Crippen LogP contribution in [0.15, 0.2) is 30.3 Å². The fraction of sp³-hybridized carbons (Fsp3) is 0.100. The fourth-order valence-electron chi connectivity index (χ4n) is 1.42. The van der Waals surface area contributed by atoms with Crippen molar-refractivity contribution in [3.63, 3.8) is 0 Å². The van der Waals surface area contributed by atoms with Gasteiger partial charge in [-0.3, -0.25) is 14.5 Å². The molecule has 0 N–H and O–H groups in total. The highest BCUT2D eigenvalue weighted by Gasteiger charge is 2.41. The van der Waals surface area contributed by atoms with Crippen LogP contribution in [0.5, 0.6) is 0 Å². The van der Waals surface area contributed by atoms with Crippen LogP contribution in [-0.4, -0.2) is 27.8 Å². The third-order valence-electron chi connectivity index (χ3n) is 2.19. The van der Waals surface area contributed by atoms with Crippen molar-refractivity contribution in [1.29, 1.82) is 0 Å². The Bertz CT molecular complexity index is 463. The molecule has 1 aliphatic rings. The first kappa shape index (κ1) is 11.0. The van der Waals surface area contributed by atoms with E-state index in [-0.39, 0.29) is 11.1 Å². The Labute approximate surface area is 102 Å². The van der Waals surface area contributed by atoms with Crippen molar-refractivity contribution in [3.8, 4) is 0 Å². The molecule has 0 aromatic heterocycles. The molecule has 1 heterocycles. The maximum atomic E-state index is 11.7. The van der Waals surface area contributed by atoms with E-state index in [1.165, 1.54) is 4.90 Å². The van der Waals surface area contributed by atoms with Gasteiger partial charge in [-0.15, -0.1) is 11.6 Å². The van der Waals surface area contributed by atoms with Crippen molar-refractivity contribution in [1.82, 2.24) is 4.90 Å². The predicted molar refractivity (Wildman–Crippen MR) is 64.1 cm³/mol. The van der Waals surface area contributed by atoms with Crippen molar-refractivity contribution in [2.75, 3.05) is 10.9 Å². The van der Waals surface area contributed by atoms with Crippen molar-refractivity contribution in [2.24, 2.45) is 0 Å². The van der Waals surface area contributed by atoms with Gasteiger partial charge in [0.05, 0.1) is 5.69 Å². The number of nitrogens with zero attached hydrogens (tertiary/aromatic N) is 2. The van der Waals surface area contributed by atoms with E-state index in [2.05, 4.69) is 0 Å². The van der Waals surface area contributed by atoms with Crippen LogP contribution < -0.4 is 4.90 Å². The molecule has 0 atom stereocenters. The molecule has 82 valence electrons. The highest BCUT2D eigenvalue weighted by molar-refractivity contribution is 7.80. The molecule has 16 heavy (non-hydrogen) atoms. The topological polar surface area (TPSA) is 40.6 Å². The molecule has 4 nitrogen and oxygen atoms in total. The predicted octanol–water partition coefficient (Wildman–Crippen LogP) is 1.34. The molecule has 1 aromatic carbocycles. The van der Waals surface area contributed by atoms with Crippen LogP contribution in [-0.2, 0) is 9.59 Å². The molecule has 0 aliphatic carbocycles. The normalized spacial score (nSPS) is 16.2. The third kappa shape index (κ3) is 1.58. The van der Waals surface area contributed by atoms with Crippen molar-refractivity contribution >= 4 is 46.4 Å². The first-order chi connectivity index (χ1) is 7.66. The minimum Gasteiger partial charge on any atom is -0.266 e. The molecule has 1 aliphatic heterocycles. The molecule has 0 spiro atoms. The van der Waals surface area contributed by atoms with Crippen molar-refractivity contribution in [3.05, 3.63) is 30.3 Å². The summed E-state index contributed by atoms with van der Waals surface area (Å²) in [5.74, 6) is -1.36. The highest BCUT2D eigenvalue weighted by atomic mass is 35.5. The minimum atomic E-state index is -0.691. The van der Waals surface area contributed by atoms with Crippen LogP contribution in [0.1, 0.15) is 0 Å². The fourth-order valence-corrected chi connectivity index (χ4v) is 2.04. The number of benzene rings is 1. The van der Waals surface area contributed by atoms with Crippen LogP contribution in [0.4, 0.5) is 5.69 Å². The van der Waals surface area contributed by atoms with E-state index in [0.29, 0.717) is 5.69 Å². The third-order valence-corrected chi connectivity index (χ3v) is 2.83. The van der Waals surface area contributed by atoms with E-state index in [9.17, 15) is 9.59 Å². The number of thiocarbonyl (C=S) groups is 1. The lowest BCUT2D eigenvalue weighted by Crippen LogP contribution is -2.32. The van der Waals surface area contributed by atoms with E-state index in [1.54, 1.807) is 24.3 Å². The molecule has 0 radical (unpaired) electrons. The zero-order valence-corrected chi connectivity index (χ0v) is 9.66. The van der Waals surface area contributed by atoms with Gasteiger partial charge < -0.3 is 0 Å². The summed E-state index contributed by atoms with van der Waals surface area (Å²) in [5.41, 5.74) is 0.568. The first-order valence-electron chi connectivity index (χ1n) is 4.47. The average molecular weight is 255 g/mol. The van der Waals surface area contributed by atoms with Crippen LogP contribution in [0.3, 0.4) is 0 Å². The standard InChI is InChI=1S/C10H7ClN2O2S/c11-6-12-8(14)9(15)13(10(12)16)7-4-2-1-3-5-7/h1-5H,6H2. The van der Waals surface area contributed by atoms with E-state index >= 15 is 0 Å². The molecular formula is C10H7ClN2O2S. The summed E-state index contributed by atoms with van der Waals surface area (Å²) < 4.78 is 0. The SMILES string of the molecule is O=C1C(=O)N(c2ccccc2)C(=S)N1CCl. The molecule has 1 aromatic rings. The summed E-state index contributed by atoms with van der Waals surface area (Å²) in [6.07, 6.45) is 0. The van der Waals surface area contributed by atoms with Crippen LogP contribution in [0.2, 0.25) is 0 Å². The van der Waals surface area contributed by atoms with Crippen molar-refractivity contribution < 1.29 is 9.59 Å². The lowest BCUT2D eigenvalue weighted by molar-refractivity contribution is -0.138. The second-order valence-corrected chi connectivity index (χ2v) is 3.72. The second-order valence-electron chi connectivity index (χ2n) is 3.11. The zero-order valence-electron chi connectivity index (χ0n) is 8.09. The Hall–Kier alpha value is -1.46. The summed E-state index contributed by atoms with van der Waals surface area (Å²) >= 11 is 10.6. The smallest absolute Gasteiger partial charge is 0.266 e. The number of amides is 2. The Kier molecular flexibility index (Phi) is 2.89. The summed E-state index contributed by atoms with van der Waals surface area (Å²) in [5, 5.41) is 0.121. The van der Waals surface area contributed by atoms with Gasteiger partial charge in [0.1, 0.15) is 6.00 Å². The second kappa shape index (κ2) is 4.19. The molecule has 2 amide bonds. The van der Waals surface area contributed by atoms with E-state index in [4.69, 9.17) is 23.8 Å². The average Bonchev–Trinajstić information content (AvgIpc) is 2.51. The van der Waals surface area contributed by atoms with Gasteiger partial charge in [0.25, 0.3) is 0 Å². The number of alkyl halides is 1. The van der Waals surface area contributed by atoms with E-state index in [0.717, 1.165) is 4.90 Å². The molecule has 0 bridgehead atoms. The molecule has 6 heteroatoms. The summed E-state index contributed by atoms with van der Waals surface area (Å²) in [6, 6.07) is 8.63. The zero-order chi connectivity index (χ0) is 11.7. The highest BCUT2D eigenvalue weighted by Crippen LogP contribution is 2.21. The minimum absolute atomic E-state index is 0.118. The molecule has 0 unspecified atom stereocenters. The number of halogens is 1. The number of anilines is 1. The van der Waals surface area contributed by atoms with Crippen LogP contribution in [0.25, 0.3) is 0 Å². The van der Waals surface area contributed by atoms with Gasteiger partial charge in [-0.1, -0.05) is 18.2 Å². The lowest BCUT2D eigenvalue weighted by Gasteiger charge is -2.16.